The van der Waals surface area contributed by atoms with E-state index in [2.05, 4.69) is 15.3 Å². The van der Waals surface area contributed by atoms with Gasteiger partial charge in [0.05, 0.1) is 0 Å². The summed E-state index contributed by atoms with van der Waals surface area (Å²) in [6, 6.07) is 8.33. The molecule has 0 fully saturated rings. The predicted octanol–water partition coefficient (Wildman–Crippen LogP) is 3.96. The molecule has 0 radical (unpaired) electrons. The number of carbonyl (C=O) groups is 2. The number of benzene rings is 1. The van der Waals surface area contributed by atoms with Gasteiger partial charge in [0.15, 0.2) is 0 Å². The van der Waals surface area contributed by atoms with Crippen LogP contribution >= 0.6 is 0 Å². The lowest BCUT2D eigenvalue weighted by Crippen LogP contribution is -2.48. The van der Waals surface area contributed by atoms with Crippen LogP contribution in [-0.4, -0.2) is 30.3 Å². The molecule has 0 aliphatic carbocycles. The molecule has 2 atom stereocenters. The molecule has 1 N–H and O–H groups in total. The maximum absolute atomic E-state index is 12.4. The minimum Gasteiger partial charge on any atom is -0.458 e. The van der Waals surface area contributed by atoms with E-state index < -0.39 is 23.7 Å². The summed E-state index contributed by atoms with van der Waals surface area (Å²) in [5, 5.41) is 6.03. The second-order valence-corrected chi connectivity index (χ2v) is 6.94. The molecule has 0 aliphatic heterocycles. The predicted molar refractivity (Wildman–Crippen MR) is 97.2 cm³/mol. The largest absolute Gasteiger partial charge is 0.458 e. The molecule has 1 aromatic carbocycles. The number of ether oxygens (including phenoxy) is 2. The van der Waals surface area contributed by atoms with Crippen molar-refractivity contribution < 1.29 is 19.1 Å². The Balaban J connectivity index is 2.71. The number of azide groups is 1. The highest BCUT2D eigenvalue weighted by Crippen LogP contribution is 2.15. The lowest BCUT2D eigenvalue weighted by atomic mass is 9.98. The lowest BCUT2D eigenvalue weighted by Gasteiger charge is -2.27. The SMILES string of the molecule is C[C@H](CCN=[N+]=[N-])[C@H](NC(=O)OCc1ccccc1)C(=O)OC(C)(C)C. The molecule has 1 aromatic rings. The zero-order valence-corrected chi connectivity index (χ0v) is 15.6. The quantitative estimate of drug-likeness (QED) is 0.326. The fraction of sp³-hybridized carbons (Fsp3) is 0.556. The van der Waals surface area contributed by atoms with Gasteiger partial charge in [-0.3, -0.25) is 0 Å². The lowest BCUT2D eigenvalue weighted by molar-refractivity contribution is -0.158. The first-order chi connectivity index (χ1) is 12.2. The Bertz CT molecular complexity index is 636. The van der Waals surface area contributed by atoms with Crippen molar-refractivity contribution in [2.45, 2.75) is 52.4 Å². The highest BCUT2D eigenvalue weighted by atomic mass is 16.6. The molecule has 0 saturated carbocycles. The van der Waals surface area contributed by atoms with Gasteiger partial charge in [0.25, 0.3) is 0 Å². The van der Waals surface area contributed by atoms with Crippen LogP contribution in [0.15, 0.2) is 35.4 Å². The Kier molecular flexibility index (Phi) is 8.45. The number of alkyl carbamates (subject to hydrolysis) is 1. The fourth-order valence-electron chi connectivity index (χ4n) is 2.16. The summed E-state index contributed by atoms with van der Waals surface area (Å²) in [5.74, 6) is -0.845. The third-order valence-electron chi connectivity index (χ3n) is 3.46. The molecule has 1 amide bonds. The number of carbonyl (C=O) groups excluding carboxylic acids is 2. The van der Waals surface area contributed by atoms with Crippen molar-refractivity contribution in [2.75, 3.05) is 6.54 Å². The second-order valence-electron chi connectivity index (χ2n) is 6.94. The molecule has 26 heavy (non-hydrogen) atoms. The van der Waals surface area contributed by atoms with Crippen molar-refractivity contribution >= 4 is 12.1 Å². The molecule has 1 rings (SSSR count). The van der Waals surface area contributed by atoms with Crippen LogP contribution in [0.5, 0.6) is 0 Å². The summed E-state index contributed by atoms with van der Waals surface area (Å²) in [6.07, 6.45) is -0.284. The number of nitrogens with one attached hydrogen (secondary N) is 1. The van der Waals surface area contributed by atoms with E-state index in [1.165, 1.54) is 0 Å². The van der Waals surface area contributed by atoms with E-state index in [1.54, 1.807) is 27.7 Å². The van der Waals surface area contributed by atoms with Gasteiger partial charge < -0.3 is 14.8 Å². The smallest absolute Gasteiger partial charge is 0.408 e. The summed E-state index contributed by atoms with van der Waals surface area (Å²) in [4.78, 5) is 27.2. The van der Waals surface area contributed by atoms with E-state index in [0.717, 1.165) is 5.56 Å². The zero-order chi connectivity index (χ0) is 19.6. The Morgan fingerprint density at radius 3 is 2.50 bits per heavy atom. The van der Waals surface area contributed by atoms with Crippen molar-refractivity contribution in [2.24, 2.45) is 11.0 Å². The number of esters is 1. The molecule has 0 heterocycles. The van der Waals surface area contributed by atoms with Crippen molar-refractivity contribution in [1.29, 1.82) is 0 Å². The third-order valence-corrected chi connectivity index (χ3v) is 3.46. The van der Waals surface area contributed by atoms with Crippen LogP contribution in [0.1, 0.15) is 39.7 Å². The first-order valence-corrected chi connectivity index (χ1v) is 8.44. The normalized spacial score (nSPS) is 13.1. The average Bonchev–Trinajstić information content (AvgIpc) is 2.57. The molecular formula is C18H26N4O4. The van der Waals surface area contributed by atoms with Gasteiger partial charge in [0.1, 0.15) is 18.2 Å². The van der Waals surface area contributed by atoms with Crippen LogP contribution in [0.3, 0.4) is 0 Å². The Hall–Kier alpha value is -2.73. The highest BCUT2D eigenvalue weighted by Gasteiger charge is 2.31. The minimum atomic E-state index is -0.897. The van der Waals surface area contributed by atoms with Gasteiger partial charge in [-0.1, -0.05) is 42.4 Å². The van der Waals surface area contributed by atoms with Gasteiger partial charge in [0, 0.05) is 11.5 Å². The minimum absolute atomic E-state index is 0.0980. The standard InChI is InChI=1S/C18H26N4O4/c1-13(10-11-20-22-19)15(16(23)26-18(2,3)4)21-17(24)25-12-14-8-6-5-7-9-14/h5-9,13,15H,10-12H2,1-4H3,(H,21,24)/t13-,15+/m1/s1. The van der Waals surface area contributed by atoms with Crippen LogP contribution in [-0.2, 0) is 20.9 Å². The van der Waals surface area contributed by atoms with Crippen LogP contribution in [0.2, 0.25) is 0 Å². The average molecular weight is 362 g/mol. The Labute approximate surface area is 153 Å². The first-order valence-electron chi connectivity index (χ1n) is 8.44. The van der Waals surface area contributed by atoms with E-state index in [9.17, 15) is 9.59 Å². The van der Waals surface area contributed by atoms with Gasteiger partial charge in [-0.05, 0) is 44.2 Å². The summed E-state index contributed by atoms with van der Waals surface area (Å²) in [6.45, 7) is 7.35. The number of hydrogen-bond acceptors (Lipinski definition) is 5. The van der Waals surface area contributed by atoms with Crippen LogP contribution < -0.4 is 5.32 Å². The van der Waals surface area contributed by atoms with Crippen molar-refractivity contribution in [1.82, 2.24) is 5.32 Å². The van der Waals surface area contributed by atoms with E-state index in [-0.39, 0.29) is 19.1 Å². The van der Waals surface area contributed by atoms with Gasteiger partial charge in [-0.25, -0.2) is 9.59 Å². The van der Waals surface area contributed by atoms with E-state index >= 15 is 0 Å². The van der Waals surface area contributed by atoms with Crippen LogP contribution in [0.4, 0.5) is 4.79 Å². The van der Waals surface area contributed by atoms with E-state index in [4.69, 9.17) is 15.0 Å². The monoisotopic (exact) mass is 362 g/mol. The van der Waals surface area contributed by atoms with Crippen molar-refractivity contribution in [3.63, 3.8) is 0 Å². The van der Waals surface area contributed by atoms with Crippen LogP contribution in [0.25, 0.3) is 10.4 Å². The molecule has 8 heteroatoms. The second kappa shape index (κ2) is 10.3. The highest BCUT2D eigenvalue weighted by molar-refractivity contribution is 5.81. The molecule has 8 nitrogen and oxygen atoms in total. The molecule has 0 aromatic heterocycles. The number of amides is 1. The van der Waals surface area contributed by atoms with Gasteiger partial charge in [-0.15, -0.1) is 0 Å². The summed E-state index contributed by atoms with van der Waals surface area (Å²) in [7, 11) is 0. The summed E-state index contributed by atoms with van der Waals surface area (Å²) in [5.41, 5.74) is 8.54. The fourth-order valence-corrected chi connectivity index (χ4v) is 2.16. The maximum Gasteiger partial charge on any atom is 0.408 e. The maximum atomic E-state index is 12.4. The third kappa shape index (κ3) is 8.39. The molecule has 142 valence electrons. The molecule has 0 bridgehead atoms. The topological polar surface area (TPSA) is 113 Å². The van der Waals surface area contributed by atoms with Crippen molar-refractivity contribution in [3.05, 3.63) is 46.3 Å². The number of hydrogen-bond donors (Lipinski definition) is 1. The molecule has 0 saturated heterocycles. The van der Waals surface area contributed by atoms with E-state index in [0.29, 0.717) is 6.42 Å². The van der Waals surface area contributed by atoms with Crippen molar-refractivity contribution in [3.8, 4) is 0 Å². The molecular weight excluding hydrogens is 336 g/mol. The van der Waals surface area contributed by atoms with Crippen LogP contribution in [0, 0.1) is 5.92 Å². The summed E-state index contributed by atoms with van der Waals surface area (Å²) < 4.78 is 10.6. The first kappa shape index (κ1) is 21.3. The van der Waals surface area contributed by atoms with Gasteiger partial charge in [-0.2, -0.15) is 0 Å². The molecule has 0 aliphatic rings. The van der Waals surface area contributed by atoms with Gasteiger partial charge in [0.2, 0.25) is 0 Å². The zero-order valence-electron chi connectivity index (χ0n) is 15.6. The summed E-state index contributed by atoms with van der Waals surface area (Å²) >= 11 is 0. The Morgan fingerprint density at radius 1 is 1.27 bits per heavy atom. The molecule has 0 unspecified atom stereocenters. The van der Waals surface area contributed by atoms with E-state index in [1.807, 2.05) is 30.3 Å². The van der Waals surface area contributed by atoms with Gasteiger partial charge >= 0.3 is 12.1 Å². The number of rotatable bonds is 8. The Morgan fingerprint density at radius 2 is 1.92 bits per heavy atom. The molecule has 0 spiro atoms. The number of nitrogens with zero attached hydrogens (tertiary/aromatic N) is 3.